The molecule has 1 N–H and O–H groups in total. The third-order valence-electron chi connectivity index (χ3n) is 6.53. The van der Waals surface area contributed by atoms with Crippen molar-refractivity contribution in [3.8, 4) is 22.8 Å². The summed E-state index contributed by atoms with van der Waals surface area (Å²) in [6.45, 7) is 0. The second kappa shape index (κ2) is 9.56. The fourth-order valence-electron chi connectivity index (χ4n) is 4.67. The number of benzene rings is 4. The van der Waals surface area contributed by atoms with Crippen molar-refractivity contribution in [2.75, 3.05) is 12.1 Å². The highest BCUT2D eigenvalue weighted by atomic mass is 35.5. The average Bonchev–Trinajstić information content (AvgIpc) is 3.38. The molecule has 1 unspecified atom stereocenters. The van der Waals surface area contributed by atoms with Gasteiger partial charge in [0.15, 0.2) is 0 Å². The molecule has 0 saturated carbocycles. The summed E-state index contributed by atoms with van der Waals surface area (Å²) in [6.07, 6.45) is 0.576. The van der Waals surface area contributed by atoms with Gasteiger partial charge in [0.1, 0.15) is 11.5 Å². The zero-order valence-corrected chi connectivity index (χ0v) is 20.8. The highest BCUT2D eigenvalue weighted by Crippen LogP contribution is 2.40. The van der Waals surface area contributed by atoms with Gasteiger partial charge in [0, 0.05) is 28.0 Å². The van der Waals surface area contributed by atoms with Crippen LogP contribution in [0, 0.1) is 0 Å². The van der Waals surface area contributed by atoms with Crippen LogP contribution >= 0.6 is 11.6 Å². The number of aromatic hydroxyl groups is 1. The Morgan fingerprint density at radius 2 is 1.62 bits per heavy atom. The lowest BCUT2D eigenvalue weighted by molar-refractivity contribution is 0.415. The van der Waals surface area contributed by atoms with Gasteiger partial charge in [-0.1, -0.05) is 60.1 Å². The first kappa shape index (κ1) is 23.0. The maximum Gasteiger partial charge on any atom is 0.247 e. The summed E-state index contributed by atoms with van der Waals surface area (Å²) in [5, 5.41) is 19.0. The number of hydrazone groups is 1. The number of ether oxygens (including phenoxy) is 1. The Morgan fingerprint density at radius 3 is 2.38 bits per heavy atom. The normalized spacial score (nSPS) is 15.1. The standard InChI is InChI=1S/C30H23ClN4O2/c1-37-22-14-11-19(12-15-22)26-18-27(23-9-5-6-10-28(23)36)35(34-26)30-32-25-16-13-21(31)17-24(25)29(33-30)20-7-3-2-4-8-20/h2-17,27,36H,18H2,1H3. The second-order valence-corrected chi connectivity index (χ2v) is 9.23. The molecule has 1 aliphatic heterocycles. The number of aromatic nitrogens is 2. The Morgan fingerprint density at radius 1 is 0.865 bits per heavy atom. The van der Waals surface area contributed by atoms with Crippen LogP contribution in [-0.2, 0) is 0 Å². The predicted octanol–water partition coefficient (Wildman–Crippen LogP) is 7.02. The number of hydrogen-bond donors (Lipinski definition) is 1. The van der Waals surface area contributed by atoms with E-state index < -0.39 is 0 Å². The summed E-state index contributed by atoms with van der Waals surface area (Å²) in [5.41, 5.74) is 5.09. The number of phenols is 1. The van der Waals surface area contributed by atoms with E-state index in [0.717, 1.165) is 44.7 Å². The third kappa shape index (κ3) is 4.36. The zero-order valence-electron chi connectivity index (χ0n) is 20.0. The average molecular weight is 507 g/mol. The summed E-state index contributed by atoms with van der Waals surface area (Å²) in [4.78, 5) is 9.90. The Hall–Kier alpha value is -4.42. The number of para-hydroxylation sites is 1. The minimum absolute atomic E-state index is 0.208. The Kier molecular flexibility index (Phi) is 5.94. The highest BCUT2D eigenvalue weighted by Gasteiger charge is 2.33. The molecule has 0 spiro atoms. The smallest absolute Gasteiger partial charge is 0.247 e. The maximum atomic E-state index is 10.7. The van der Waals surface area contributed by atoms with E-state index in [0.29, 0.717) is 17.4 Å². The van der Waals surface area contributed by atoms with Gasteiger partial charge in [0.2, 0.25) is 5.95 Å². The molecule has 2 heterocycles. The number of nitrogens with zero attached hydrogens (tertiary/aromatic N) is 4. The van der Waals surface area contributed by atoms with Crippen LogP contribution in [0.4, 0.5) is 5.95 Å². The lowest BCUT2D eigenvalue weighted by Gasteiger charge is -2.23. The maximum absolute atomic E-state index is 10.7. The number of hydrogen-bond acceptors (Lipinski definition) is 6. The lowest BCUT2D eigenvalue weighted by Crippen LogP contribution is -2.21. The molecule has 37 heavy (non-hydrogen) atoms. The fraction of sp³-hybridized carbons (Fsp3) is 0.100. The molecule has 182 valence electrons. The van der Waals surface area contributed by atoms with Gasteiger partial charge < -0.3 is 9.84 Å². The molecule has 0 saturated heterocycles. The molecular weight excluding hydrogens is 484 g/mol. The van der Waals surface area contributed by atoms with Gasteiger partial charge in [-0.3, -0.25) is 0 Å². The number of fused-ring (bicyclic) bond motifs is 1. The first-order valence-electron chi connectivity index (χ1n) is 11.9. The van der Waals surface area contributed by atoms with E-state index >= 15 is 0 Å². The Labute approximate surface area is 219 Å². The molecule has 7 heteroatoms. The van der Waals surface area contributed by atoms with Gasteiger partial charge >= 0.3 is 0 Å². The van der Waals surface area contributed by atoms with Crippen LogP contribution in [0.25, 0.3) is 22.2 Å². The molecule has 5 aromatic rings. The van der Waals surface area contributed by atoms with Crippen molar-refractivity contribution < 1.29 is 9.84 Å². The van der Waals surface area contributed by atoms with Crippen LogP contribution in [0.1, 0.15) is 23.6 Å². The van der Waals surface area contributed by atoms with Crippen LogP contribution in [0.5, 0.6) is 11.5 Å². The Balaban J connectivity index is 1.53. The SMILES string of the molecule is COc1ccc(C2=NN(c3nc(-c4ccccc4)c4cc(Cl)ccc4n3)C(c3ccccc3O)C2)cc1. The molecule has 0 fully saturated rings. The molecule has 0 aliphatic carbocycles. The third-order valence-corrected chi connectivity index (χ3v) is 6.76. The molecule has 6 nitrogen and oxygen atoms in total. The second-order valence-electron chi connectivity index (χ2n) is 8.80. The van der Waals surface area contributed by atoms with Gasteiger partial charge in [0.25, 0.3) is 0 Å². The molecule has 1 aliphatic rings. The van der Waals surface area contributed by atoms with Crippen molar-refractivity contribution in [2.24, 2.45) is 5.10 Å². The van der Waals surface area contributed by atoms with Crippen molar-refractivity contribution in [1.29, 1.82) is 0 Å². The van der Waals surface area contributed by atoms with Gasteiger partial charge in [-0.25, -0.2) is 15.0 Å². The van der Waals surface area contributed by atoms with Crippen LogP contribution in [-0.4, -0.2) is 27.9 Å². The Bertz CT molecular complexity index is 1620. The molecule has 0 bridgehead atoms. The summed E-state index contributed by atoms with van der Waals surface area (Å²) in [5.74, 6) is 1.44. The highest BCUT2D eigenvalue weighted by molar-refractivity contribution is 6.31. The monoisotopic (exact) mass is 506 g/mol. The van der Waals surface area contributed by atoms with Crippen molar-refractivity contribution in [3.05, 3.63) is 113 Å². The van der Waals surface area contributed by atoms with E-state index in [1.807, 2.05) is 96.0 Å². The summed E-state index contributed by atoms with van der Waals surface area (Å²) >= 11 is 6.35. The minimum Gasteiger partial charge on any atom is -0.508 e. The van der Waals surface area contributed by atoms with Gasteiger partial charge in [-0.05, 0) is 54.1 Å². The van der Waals surface area contributed by atoms with E-state index in [-0.39, 0.29) is 11.8 Å². The number of phenolic OH excluding ortho intramolecular Hbond substituents is 1. The van der Waals surface area contributed by atoms with Gasteiger partial charge in [-0.15, -0.1) is 0 Å². The van der Waals surface area contributed by atoms with E-state index in [1.54, 1.807) is 13.2 Å². The van der Waals surface area contributed by atoms with Crippen molar-refractivity contribution in [1.82, 2.24) is 9.97 Å². The van der Waals surface area contributed by atoms with Crippen molar-refractivity contribution in [3.63, 3.8) is 0 Å². The van der Waals surface area contributed by atoms with Crippen LogP contribution in [0.15, 0.2) is 102 Å². The zero-order chi connectivity index (χ0) is 25.4. The summed E-state index contributed by atoms with van der Waals surface area (Å²) in [7, 11) is 1.65. The molecule has 0 radical (unpaired) electrons. The molecule has 6 rings (SSSR count). The molecule has 1 aromatic heterocycles. The van der Waals surface area contributed by atoms with Crippen LogP contribution < -0.4 is 9.75 Å². The first-order chi connectivity index (χ1) is 18.1. The van der Waals surface area contributed by atoms with E-state index in [2.05, 4.69) is 0 Å². The number of halogens is 1. The van der Waals surface area contributed by atoms with Crippen LogP contribution in [0.2, 0.25) is 5.02 Å². The van der Waals surface area contributed by atoms with Gasteiger partial charge in [-0.2, -0.15) is 5.10 Å². The number of rotatable bonds is 5. The first-order valence-corrected chi connectivity index (χ1v) is 12.3. The molecule has 1 atom stereocenters. The van der Waals surface area contributed by atoms with Gasteiger partial charge in [0.05, 0.1) is 30.1 Å². The summed E-state index contributed by atoms with van der Waals surface area (Å²) in [6, 6.07) is 30.4. The van der Waals surface area contributed by atoms with E-state index in [4.69, 9.17) is 31.4 Å². The minimum atomic E-state index is -0.285. The largest absolute Gasteiger partial charge is 0.508 e. The lowest BCUT2D eigenvalue weighted by atomic mass is 9.98. The van der Waals surface area contributed by atoms with E-state index in [9.17, 15) is 5.11 Å². The molecule has 4 aromatic carbocycles. The molecule has 0 amide bonds. The predicted molar refractivity (Wildman–Crippen MR) is 147 cm³/mol. The number of anilines is 1. The topological polar surface area (TPSA) is 70.8 Å². The van der Waals surface area contributed by atoms with E-state index in [1.165, 1.54) is 0 Å². The molecular formula is C30H23ClN4O2. The summed E-state index contributed by atoms with van der Waals surface area (Å²) < 4.78 is 5.32. The fourth-order valence-corrected chi connectivity index (χ4v) is 4.84. The van der Waals surface area contributed by atoms with Crippen molar-refractivity contribution in [2.45, 2.75) is 12.5 Å². The van der Waals surface area contributed by atoms with Crippen LogP contribution in [0.3, 0.4) is 0 Å². The number of methoxy groups -OCH3 is 1. The quantitative estimate of drug-likeness (QED) is 0.277. The van der Waals surface area contributed by atoms with Crippen molar-refractivity contribution >= 4 is 34.2 Å².